The Labute approximate surface area is 254 Å². The van der Waals surface area contributed by atoms with Crippen LogP contribution in [0.5, 0.6) is 11.5 Å². The molecular formula is C29H17Cl2F5N2O6. The minimum atomic E-state index is -2.64. The number of anilines is 1. The third-order valence-corrected chi connectivity index (χ3v) is 10.6. The zero-order chi connectivity index (χ0) is 31.6. The summed E-state index contributed by atoms with van der Waals surface area (Å²) in [5.74, 6) is -20.8. The fourth-order valence-electron chi connectivity index (χ4n) is 7.29. The fourth-order valence-corrected chi connectivity index (χ4v) is 8.24. The molecule has 3 heterocycles. The molecule has 4 amide bonds. The molecule has 7 rings (SSSR count). The maximum atomic E-state index is 15.0. The number of phenolic OH excluding ortho intramolecular Hbond substituents is 1. The van der Waals surface area contributed by atoms with Crippen molar-refractivity contribution in [1.29, 1.82) is 0 Å². The molecule has 3 fully saturated rings. The van der Waals surface area contributed by atoms with Crippen molar-refractivity contribution in [2.24, 2.45) is 23.7 Å². The number of phenols is 1. The van der Waals surface area contributed by atoms with Gasteiger partial charge in [0.05, 0.1) is 18.1 Å². The van der Waals surface area contributed by atoms with Crippen LogP contribution in [0.3, 0.4) is 0 Å². The average Bonchev–Trinajstić information content (AvgIpc) is 3.36. The predicted octanol–water partition coefficient (Wildman–Crippen LogP) is 4.29. The van der Waals surface area contributed by atoms with E-state index < -0.39 is 98.2 Å². The van der Waals surface area contributed by atoms with Crippen LogP contribution in [0, 0.1) is 52.8 Å². The van der Waals surface area contributed by atoms with E-state index >= 15 is 8.78 Å². The van der Waals surface area contributed by atoms with Crippen molar-refractivity contribution in [2.45, 2.75) is 29.0 Å². The molecule has 0 radical (unpaired) electrons. The minimum Gasteiger partial charge on any atom is -0.508 e. The summed E-state index contributed by atoms with van der Waals surface area (Å²) in [5.41, 5.74) is -0.928. The van der Waals surface area contributed by atoms with E-state index in [1.807, 2.05) is 0 Å². The highest BCUT2D eigenvalue weighted by Gasteiger charge is 2.77. The van der Waals surface area contributed by atoms with E-state index in [1.54, 1.807) is 6.08 Å². The maximum absolute atomic E-state index is 15.0. The van der Waals surface area contributed by atoms with E-state index in [0.717, 1.165) is 0 Å². The van der Waals surface area contributed by atoms with Gasteiger partial charge in [-0.05, 0) is 42.5 Å². The number of carbonyl (C=O) groups is 4. The summed E-state index contributed by atoms with van der Waals surface area (Å²) in [6.07, 6.45) is 2.18. The van der Waals surface area contributed by atoms with E-state index in [-0.39, 0.29) is 29.1 Å². The van der Waals surface area contributed by atoms with Crippen LogP contribution < -0.4 is 15.0 Å². The first-order chi connectivity index (χ1) is 20.7. The molecule has 6 atom stereocenters. The molecule has 6 unspecified atom stereocenters. The van der Waals surface area contributed by atoms with Crippen LogP contribution in [0.25, 0.3) is 0 Å². The van der Waals surface area contributed by atoms with Crippen LogP contribution in [0.4, 0.5) is 27.6 Å². The first-order valence-electron chi connectivity index (χ1n) is 13.2. The van der Waals surface area contributed by atoms with Crippen molar-refractivity contribution in [3.05, 3.63) is 76.3 Å². The van der Waals surface area contributed by atoms with Crippen LogP contribution in [0.15, 0.2) is 41.7 Å². The summed E-state index contributed by atoms with van der Waals surface area (Å²) in [6.45, 7) is 0. The van der Waals surface area contributed by atoms with Crippen LogP contribution >= 0.6 is 23.2 Å². The minimum absolute atomic E-state index is 0.0296. The number of ether oxygens (including phenoxy) is 1. The number of alkyl halides is 2. The van der Waals surface area contributed by atoms with Gasteiger partial charge in [0.25, 0.3) is 11.8 Å². The number of benzene rings is 2. The number of carbonyl (C=O) groups excluding carboxylic acids is 4. The number of aromatic hydroxyl groups is 1. The molecule has 15 heteroatoms. The third-order valence-electron chi connectivity index (χ3n) is 9.21. The number of hydrogen-bond acceptors (Lipinski definition) is 6. The van der Waals surface area contributed by atoms with E-state index in [2.05, 4.69) is 5.32 Å². The number of hydrogen-bond donors (Lipinski definition) is 2. The second-order valence-corrected chi connectivity index (χ2v) is 12.6. The van der Waals surface area contributed by atoms with Crippen molar-refractivity contribution in [3.63, 3.8) is 0 Å². The van der Waals surface area contributed by atoms with Crippen molar-refractivity contribution < 1.29 is 51.0 Å². The SMILES string of the molecule is O=C1NC(=O)C2C1CC=C1C2CC2(Cl)C(=O)N(c3c(F)c(F)c(F)c(F)c3F)C(=O)C2(Cl)C1C1=COc2ccc(O)cc2C1. The molecule has 0 aromatic heterocycles. The van der Waals surface area contributed by atoms with Crippen LogP contribution in [-0.4, -0.2) is 38.5 Å². The zero-order valence-electron chi connectivity index (χ0n) is 21.9. The van der Waals surface area contributed by atoms with Crippen molar-refractivity contribution in [2.75, 3.05) is 4.90 Å². The quantitative estimate of drug-likeness (QED) is 0.125. The first kappa shape index (κ1) is 28.8. The first-order valence-corrected chi connectivity index (χ1v) is 14.0. The molecule has 2 saturated heterocycles. The number of halogens is 7. The molecule has 0 bridgehead atoms. The Morgan fingerprint density at radius 3 is 2.25 bits per heavy atom. The zero-order valence-corrected chi connectivity index (χ0v) is 23.4. The highest BCUT2D eigenvalue weighted by atomic mass is 35.5. The standard InChI is InChI=1S/C29H17Cl2F5N2O6/c30-28-7-14-12(2-3-13-16(14)25(41)37-24(13)40)17(10-5-9-6-11(39)1-4-15(9)44-8-10)29(28,31)27(43)38(26(28)42)23-21(35)19(33)18(32)20(34)22(23)36/h1-2,4,6,8,13-14,16-17,39H,3,5,7H2,(H,37,40,41). The number of allylic oxidation sites excluding steroid dienone is 3. The number of fused-ring (bicyclic) bond motifs is 5. The summed E-state index contributed by atoms with van der Waals surface area (Å²) in [6, 6.07) is 4.20. The van der Waals surface area contributed by atoms with Crippen molar-refractivity contribution >= 4 is 52.5 Å². The van der Waals surface area contributed by atoms with E-state index in [4.69, 9.17) is 27.9 Å². The molecule has 2 N–H and O–H groups in total. The largest absolute Gasteiger partial charge is 0.508 e. The molecule has 2 aromatic rings. The molecule has 5 aliphatic rings. The lowest BCUT2D eigenvalue weighted by molar-refractivity contribution is -0.127. The molecule has 228 valence electrons. The number of nitrogens with zero attached hydrogens (tertiary/aromatic N) is 1. The van der Waals surface area contributed by atoms with Gasteiger partial charge in [-0.2, -0.15) is 0 Å². The van der Waals surface area contributed by atoms with Gasteiger partial charge in [-0.15, -0.1) is 23.2 Å². The van der Waals surface area contributed by atoms with Gasteiger partial charge >= 0.3 is 0 Å². The fraction of sp³-hybridized carbons (Fsp3) is 0.310. The molecule has 8 nitrogen and oxygen atoms in total. The van der Waals surface area contributed by atoms with Gasteiger partial charge < -0.3 is 9.84 Å². The van der Waals surface area contributed by atoms with E-state index in [9.17, 15) is 37.5 Å². The van der Waals surface area contributed by atoms with Crippen molar-refractivity contribution in [1.82, 2.24) is 5.32 Å². The van der Waals surface area contributed by atoms with E-state index in [0.29, 0.717) is 16.9 Å². The van der Waals surface area contributed by atoms with Gasteiger partial charge in [-0.3, -0.25) is 24.5 Å². The highest BCUT2D eigenvalue weighted by molar-refractivity contribution is 6.58. The van der Waals surface area contributed by atoms with Crippen LogP contribution in [0.1, 0.15) is 18.4 Å². The van der Waals surface area contributed by atoms with Gasteiger partial charge in [0.1, 0.15) is 17.2 Å². The normalized spacial score (nSPS) is 32.3. The Morgan fingerprint density at radius 1 is 0.909 bits per heavy atom. The van der Waals surface area contributed by atoms with Gasteiger partial charge in [0.15, 0.2) is 33.0 Å². The predicted molar refractivity (Wildman–Crippen MR) is 141 cm³/mol. The second kappa shape index (κ2) is 9.27. The van der Waals surface area contributed by atoms with Gasteiger partial charge in [0.2, 0.25) is 17.6 Å². The highest BCUT2D eigenvalue weighted by Crippen LogP contribution is 2.65. The summed E-state index contributed by atoms with van der Waals surface area (Å²) in [4.78, 5) is 48.3. The monoisotopic (exact) mass is 654 g/mol. The molecule has 2 aliphatic carbocycles. The van der Waals surface area contributed by atoms with Gasteiger partial charge in [-0.1, -0.05) is 11.6 Å². The lowest BCUT2D eigenvalue weighted by atomic mass is 9.56. The smallest absolute Gasteiger partial charge is 0.258 e. The Bertz CT molecular complexity index is 1800. The molecule has 2 aromatic carbocycles. The number of imide groups is 2. The Balaban J connectivity index is 1.45. The average molecular weight is 655 g/mol. The summed E-state index contributed by atoms with van der Waals surface area (Å²) >= 11 is 14.1. The lowest BCUT2D eigenvalue weighted by Crippen LogP contribution is -2.61. The molecule has 1 saturated carbocycles. The molecule has 0 spiro atoms. The Morgan fingerprint density at radius 2 is 1.57 bits per heavy atom. The summed E-state index contributed by atoms with van der Waals surface area (Å²) < 4.78 is 78.2. The van der Waals surface area contributed by atoms with Crippen LogP contribution in [0.2, 0.25) is 0 Å². The summed E-state index contributed by atoms with van der Waals surface area (Å²) in [5, 5.41) is 12.3. The number of amides is 4. The molecular weight excluding hydrogens is 638 g/mol. The number of nitrogens with one attached hydrogen (secondary N) is 1. The molecule has 44 heavy (non-hydrogen) atoms. The second-order valence-electron chi connectivity index (χ2n) is 11.3. The Kier molecular flexibility index (Phi) is 6.06. The summed E-state index contributed by atoms with van der Waals surface area (Å²) in [7, 11) is 0. The van der Waals surface area contributed by atoms with Crippen LogP contribution in [-0.2, 0) is 25.6 Å². The van der Waals surface area contributed by atoms with E-state index in [1.165, 1.54) is 24.5 Å². The third kappa shape index (κ3) is 3.45. The molecule has 3 aliphatic heterocycles. The van der Waals surface area contributed by atoms with Gasteiger partial charge in [-0.25, -0.2) is 26.9 Å². The number of rotatable bonds is 2. The Hall–Kier alpha value is -3.97. The lowest BCUT2D eigenvalue weighted by Gasteiger charge is -2.51. The maximum Gasteiger partial charge on any atom is 0.258 e. The topological polar surface area (TPSA) is 113 Å². The van der Waals surface area contributed by atoms with Crippen molar-refractivity contribution in [3.8, 4) is 11.5 Å². The van der Waals surface area contributed by atoms with Gasteiger partial charge in [0, 0.05) is 17.9 Å².